The molecule has 1 N–H and O–H groups in total. The Morgan fingerprint density at radius 1 is 1.47 bits per heavy atom. The molecule has 1 unspecified atom stereocenters. The first-order valence-electron chi connectivity index (χ1n) is 6.72. The molecule has 5 nitrogen and oxygen atoms in total. The van der Waals surface area contributed by atoms with Gasteiger partial charge >= 0.3 is 0 Å². The van der Waals surface area contributed by atoms with Crippen LogP contribution in [-0.4, -0.2) is 26.2 Å². The molecule has 0 bridgehead atoms. The first-order valence-corrected chi connectivity index (χ1v) is 7.54. The van der Waals surface area contributed by atoms with E-state index in [1.807, 2.05) is 16.0 Å². The summed E-state index contributed by atoms with van der Waals surface area (Å²) in [7, 11) is 0. The van der Waals surface area contributed by atoms with Crippen molar-refractivity contribution >= 4 is 11.3 Å². The molecule has 0 saturated heterocycles. The molecular weight excluding hydrogens is 258 g/mol. The Morgan fingerprint density at radius 2 is 2.26 bits per heavy atom. The molecule has 0 amide bonds. The lowest BCUT2D eigenvalue weighted by atomic mass is 10.1. The lowest BCUT2D eigenvalue weighted by Gasteiger charge is -2.13. The van der Waals surface area contributed by atoms with Gasteiger partial charge in [0.2, 0.25) is 0 Å². The third kappa shape index (κ3) is 2.69. The fourth-order valence-corrected chi connectivity index (χ4v) is 3.37. The van der Waals surface area contributed by atoms with Crippen LogP contribution in [0.3, 0.4) is 0 Å². The summed E-state index contributed by atoms with van der Waals surface area (Å²) in [5, 5.41) is 15.6. The van der Waals surface area contributed by atoms with Crippen LogP contribution >= 0.6 is 11.3 Å². The van der Waals surface area contributed by atoms with Crippen LogP contribution in [-0.2, 0) is 6.54 Å². The summed E-state index contributed by atoms with van der Waals surface area (Å²) in [6.45, 7) is 7.22. The van der Waals surface area contributed by atoms with E-state index in [1.165, 1.54) is 28.2 Å². The number of thiophene rings is 1. The van der Waals surface area contributed by atoms with Crippen LogP contribution in [0.25, 0.3) is 0 Å². The summed E-state index contributed by atoms with van der Waals surface area (Å²) in [6, 6.07) is 3.10. The maximum absolute atomic E-state index is 4.16. The minimum atomic E-state index is 0.191. The van der Waals surface area contributed by atoms with Crippen LogP contribution in [0, 0.1) is 13.8 Å². The summed E-state index contributed by atoms with van der Waals surface area (Å²) in [5.41, 5.74) is 1.32. The highest BCUT2D eigenvalue weighted by atomic mass is 32.1. The van der Waals surface area contributed by atoms with E-state index >= 15 is 0 Å². The van der Waals surface area contributed by atoms with Gasteiger partial charge in [0.25, 0.3) is 0 Å². The van der Waals surface area contributed by atoms with Crippen LogP contribution in [0.5, 0.6) is 0 Å². The highest BCUT2D eigenvalue weighted by Gasteiger charge is 2.23. The Hall–Kier alpha value is -1.27. The molecule has 0 radical (unpaired) electrons. The molecule has 2 aromatic rings. The molecule has 1 fully saturated rings. The number of nitrogens with zero attached hydrogens (tertiary/aromatic N) is 4. The molecule has 1 aliphatic rings. The number of aryl methyl sites for hydroxylation is 2. The normalized spacial score (nSPS) is 16.8. The van der Waals surface area contributed by atoms with E-state index in [-0.39, 0.29) is 6.04 Å². The molecule has 3 rings (SSSR count). The number of hydrogen-bond acceptors (Lipinski definition) is 5. The Bertz CT molecular complexity index is 569. The minimum absolute atomic E-state index is 0.191. The van der Waals surface area contributed by atoms with Gasteiger partial charge in [-0.2, -0.15) is 0 Å². The van der Waals surface area contributed by atoms with Gasteiger partial charge in [-0.25, -0.2) is 4.68 Å². The predicted octanol–water partition coefficient (Wildman–Crippen LogP) is 2.21. The van der Waals surface area contributed by atoms with E-state index in [2.05, 4.69) is 47.7 Å². The standard InChI is InChI=1S/C13H19N5S/c1-8-6-12(10(3)19-8)9(2)18-13(15-16-17-18)7-14-11-4-5-11/h6,9,11,14H,4-5,7H2,1-3H3. The van der Waals surface area contributed by atoms with Gasteiger partial charge in [-0.05, 0) is 55.7 Å². The van der Waals surface area contributed by atoms with E-state index in [9.17, 15) is 0 Å². The van der Waals surface area contributed by atoms with Crippen molar-refractivity contribution in [1.29, 1.82) is 0 Å². The Labute approximate surface area is 117 Å². The molecule has 2 aromatic heterocycles. The highest BCUT2D eigenvalue weighted by Crippen LogP contribution is 2.28. The second-order valence-corrected chi connectivity index (χ2v) is 6.70. The van der Waals surface area contributed by atoms with Crippen molar-refractivity contribution in [2.45, 2.75) is 52.2 Å². The SMILES string of the molecule is Cc1cc(C(C)n2nnnc2CNC2CC2)c(C)s1. The molecule has 1 saturated carbocycles. The smallest absolute Gasteiger partial charge is 0.165 e. The van der Waals surface area contributed by atoms with Gasteiger partial charge in [-0.1, -0.05) is 0 Å². The van der Waals surface area contributed by atoms with Crippen molar-refractivity contribution in [2.75, 3.05) is 0 Å². The maximum Gasteiger partial charge on any atom is 0.165 e. The Morgan fingerprint density at radius 3 is 2.89 bits per heavy atom. The van der Waals surface area contributed by atoms with Crippen LogP contribution in [0.2, 0.25) is 0 Å². The molecule has 1 aliphatic carbocycles. The summed E-state index contributed by atoms with van der Waals surface area (Å²) in [6.07, 6.45) is 2.56. The van der Waals surface area contributed by atoms with E-state index < -0.39 is 0 Å². The van der Waals surface area contributed by atoms with Gasteiger partial charge < -0.3 is 5.32 Å². The lowest BCUT2D eigenvalue weighted by molar-refractivity contribution is 0.504. The predicted molar refractivity (Wildman–Crippen MR) is 75.3 cm³/mol. The van der Waals surface area contributed by atoms with Crippen LogP contribution < -0.4 is 5.32 Å². The van der Waals surface area contributed by atoms with Crippen molar-refractivity contribution < 1.29 is 0 Å². The second-order valence-electron chi connectivity index (χ2n) is 5.24. The average molecular weight is 277 g/mol. The van der Waals surface area contributed by atoms with E-state index in [1.54, 1.807) is 0 Å². The number of rotatable bonds is 5. The van der Waals surface area contributed by atoms with Gasteiger partial charge in [0, 0.05) is 15.8 Å². The molecule has 19 heavy (non-hydrogen) atoms. The van der Waals surface area contributed by atoms with E-state index in [0.29, 0.717) is 6.04 Å². The number of tetrazole rings is 1. The van der Waals surface area contributed by atoms with Crippen LogP contribution in [0.15, 0.2) is 6.07 Å². The quantitative estimate of drug-likeness (QED) is 0.910. The largest absolute Gasteiger partial charge is 0.307 e. The van der Waals surface area contributed by atoms with Gasteiger partial charge in [0.15, 0.2) is 5.82 Å². The maximum atomic E-state index is 4.16. The number of nitrogens with one attached hydrogen (secondary N) is 1. The molecule has 6 heteroatoms. The Kier molecular flexibility index (Phi) is 3.36. The van der Waals surface area contributed by atoms with Crippen molar-refractivity contribution in [2.24, 2.45) is 0 Å². The van der Waals surface area contributed by atoms with Crippen molar-refractivity contribution in [3.63, 3.8) is 0 Å². The number of hydrogen-bond donors (Lipinski definition) is 1. The van der Waals surface area contributed by atoms with Gasteiger partial charge in [-0.15, -0.1) is 16.4 Å². The third-order valence-corrected chi connectivity index (χ3v) is 4.57. The molecule has 102 valence electrons. The molecule has 2 heterocycles. The fraction of sp³-hybridized carbons (Fsp3) is 0.615. The molecule has 0 spiro atoms. The summed E-state index contributed by atoms with van der Waals surface area (Å²) in [4.78, 5) is 2.69. The van der Waals surface area contributed by atoms with E-state index in [4.69, 9.17) is 0 Å². The van der Waals surface area contributed by atoms with Crippen LogP contribution in [0.4, 0.5) is 0 Å². The van der Waals surface area contributed by atoms with Crippen molar-refractivity contribution in [3.8, 4) is 0 Å². The van der Waals surface area contributed by atoms with Gasteiger partial charge in [0.05, 0.1) is 12.6 Å². The molecule has 1 atom stereocenters. The minimum Gasteiger partial charge on any atom is -0.307 e. The molecular formula is C13H19N5S. The molecule has 0 aromatic carbocycles. The van der Waals surface area contributed by atoms with E-state index in [0.717, 1.165) is 12.4 Å². The first-order chi connectivity index (χ1) is 9.15. The monoisotopic (exact) mass is 277 g/mol. The summed E-state index contributed by atoms with van der Waals surface area (Å²) in [5.74, 6) is 0.919. The average Bonchev–Trinajstić information content (AvgIpc) is 2.98. The summed E-state index contributed by atoms with van der Waals surface area (Å²) < 4.78 is 1.93. The topological polar surface area (TPSA) is 55.6 Å². The van der Waals surface area contributed by atoms with Crippen molar-refractivity contribution in [1.82, 2.24) is 25.5 Å². The third-order valence-electron chi connectivity index (χ3n) is 3.58. The van der Waals surface area contributed by atoms with Crippen molar-refractivity contribution in [3.05, 3.63) is 27.2 Å². The highest BCUT2D eigenvalue weighted by molar-refractivity contribution is 7.12. The first kappa shape index (κ1) is 12.7. The van der Waals surface area contributed by atoms with Gasteiger partial charge in [-0.3, -0.25) is 0 Å². The lowest BCUT2D eigenvalue weighted by Crippen LogP contribution is -2.21. The zero-order chi connectivity index (χ0) is 13.4. The Balaban J connectivity index is 1.80. The fourth-order valence-electron chi connectivity index (χ4n) is 2.35. The zero-order valence-corrected chi connectivity index (χ0v) is 12.4. The van der Waals surface area contributed by atoms with Gasteiger partial charge in [0.1, 0.15) is 0 Å². The zero-order valence-electron chi connectivity index (χ0n) is 11.6. The molecule has 0 aliphatic heterocycles. The second kappa shape index (κ2) is 5.02. The number of aromatic nitrogens is 4. The summed E-state index contributed by atoms with van der Waals surface area (Å²) >= 11 is 1.83. The van der Waals surface area contributed by atoms with Crippen LogP contribution in [0.1, 0.15) is 46.9 Å².